The zero-order chi connectivity index (χ0) is 8.72. The topological polar surface area (TPSA) is 12.0 Å². The van der Waals surface area contributed by atoms with Crippen LogP contribution in [0.5, 0.6) is 0 Å². The smallest absolute Gasteiger partial charge is 0.0701 e. The summed E-state index contributed by atoms with van der Waals surface area (Å²) in [6.07, 6.45) is 0. The highest BCUT2D eigenvalue weighted by atomic mass is 32.2. The van der Waals surface area contributed by atoms with Crippen molar-refractivity contribution in [2.24, 2.45) is 0 Å². The molecule has 12 heavy (non-hydrogen) atoms. The second-order valence-corrected chi connectivity index (χ2v) is 4.16. The molecule has 0 atom stereocenters. The van der Waals surface area contributed by atoms with Gasteiger partial charge in [0.1, 0.15) is 0 Å². The predicted octanol–water partition coefficient (Wildman–Crippen LogP) is 3.29. The third-order valence-electron chi connectivity index (χ3n) is 2.05. The van der Waals surface area contributed by atoms with E-state index in [1.54, 1.807) is 11.8 Å². The number of aryl methyl sites for hydroxylation is 2. The Labute approximate surface area is 76.9 Å². The van der Waals surface area contributed by atoms with Crippen LogP contribution in [0.3, 0.4) is 0 Å². The van der Waals surface area contributed by atoms with E-state index in [0.717, 1.165) is 5.03 Å². The first kappa shape index (κ1) is 7.74. The summed E-state index contributed by atoms with van der Waals surface area (Å²) in [6, 6.07) is 4.29. The Hall–Kier alpha value is -0.890. The molecule has 1 aromatic carbocycles. The fourth-order valence-electron chi connectivity index (χ4n) is 1.36. The van der Waals surface area contributed by atoms with Crippen molar-refractivity contribution in [1.82, 2.24) is 0 Å². The fraction of sp³-hybridized carbons (Fsp3) is 0.200. The van der Waals surface area contributed by atoms with Gasteiger partial charge in [0.05, 0.1) is 10.7 Å². The van der Waals surface area contributed by atoms with Gasteiger partial charge in [0, 0.05) is 4.90 Å². The number of rotatable bonds is 0. The van der Waals surface area contributed by atoms with Crippen LogP contribution in [0.1, 0.15) is 11.1 Å². The van der Waals surface area contributed by atoms with Crippen LogP contribution in [-0.4, -0.2) is 0 Å². The molecule has 0 amide bonds. The Balaban J connectivity index is 2.64. The van der Waals surface area contributed by atoms with Gasteiger partial charge in [-0.3, -0.25) is 0 Å². The van der Waals surface area contributed by atoms with Crippen LogP contribution in [0, 0.1) is 13.8 Å². The predicted molar refractivity (Wildman–Crippen MR) is 54.5 cm³/mol. The minimum absolute atomic E-state index is 1.03. The number of benzene rings is 1. The van der Waals surface area contributed by atoms with E-state index >= 15 is 0 Å². The summed E-state index contributed by atoms with van der Waals surface area (Å²) < 4.78 is 0. The van der Waals surface area contributed by atoms with Gasteiger partial charge in [0.2, 0.25) is 0 Å². The molecule has 0 radical (unpaired) electrons. The summed E-state index contributed by atoms with van der Waals surface area (Å²) in [6.45, 7) is 8.15. The summed E-state index contributed by atoms with van der Waals surface area (Å²) in [5, 5.41) is 4.30. The monoisotopic (exact) mass is 177 g/mol. The van der Waals surface area contributed by atoms with E-state index in [1.165, 1.54) is 21.7 Å². The second kappa shape index (κ2) is 2.56. The number of fused-ring (bicyclic) bond motifs is 1. The zero-order valence-electron chi connectivity index (χ0n) is 7.27. The van der Waals surface area contributed by atoms with Crippen LogP contribution in [0.2, 0.25) is 0 Å². The van der Waals surface area contributed by atoms with E-state index in [2.05, 4.69) is 37.9 Å². The van der Waals surface area contributed by atoms with Gasteiger partial charge in [0.15, 0.2) is 0 Å². The van der Waals surface area contributed by atoms with Crippen molar-refractivity contribution >= 4 is 17.4 Å². The minimum atomic E-state index is 1.03. The number of hydrogen-bond donors (Lipinski definition) is 1. The normalized spacial score (nSPS) is 14.3. The highest BCUT2D eigenvalue weighted by Gasteiger charge is 2.17. The molecule has 0 aliphatic carbocycles. The van der Waals surface area contributed by atoms with Crippen molar-refractivity contribution in [3.05, 3.63) is 34.9 Å². The SMILES string of the molecule is C=C1Nc2c(C)ccc(C)c2S1. The van der Waals surface area contributed by atoms with Gasteiger partial charge in [-0.05, 0) is 25.0 Å². The summed E-state index contributed by atoms with van der Waals surface area (Å²) in [5.41, 5.74) is 3.86. The van der Waals surface area contributed by atoms with Gasteiger partial charge in [-0.2, -0.15) is 0 Å². The summed E-state index contributed by atoms with van der Waals surface area (Å²) in [4.78, 5) is 1.33. The molecule has 0 fully saturated rings. The Morgan fingerprint density at radius 3 is 2.58 bits per heavy atom. The van der Waals surface area contributed by atoms with Gasteiger partial charge in [-0.1, -0.05) is 30.5 Å². The first-order valence-corrected chi connectivity index (χ1v) is 4.74. The Morgan fingerprint density at radius 1 is 1.25 bits per heavy atom. The number of thioether (sulfide) groups is 1. The standard InChI is InChI=1S/C10H11NS/c1-6-4-5-7(2)10-9(6)11-8(3)12-10/h4-5,11H,3H2,1-2H3. The zero-order valence-corrected chi connectivity index (χ0v) is 8.09. The van der Waals surface area contributed by atoms with Gasteiger partial charge >= 0.3 is 0 Å². The van der Waals surface area contributed by atoms with Gasteiger partial charge in [0.25, 0.3) is 0 Å². The molecule has 1 aromatic rings. The maximum absolute atomic E-state index is 3.90. The molecular formula is C10H11NS. The van der Waals surface area contributed by atoms with Crippen molar-refractivity contribution in [2.75, 3.05) is 5.32 Å². The fourth-order valence-corrected chi connectivity index (χ4v) is 2.30. The van der Waals surface area contributed by atoms with E-state index in [1.807, 2.05) is 0 Å². The summed E-state index contributed by atoms with van der Waals surface area (Å²) >= 11 is 1.73. The molecule has 0 saturated carbocycles. The molecule has 1 N–H and O–H groups in total. The molecule has 0 unspecified atom stereocenters. The van der Waals surface area contributed by atoms with Crippen molar-refractivity contribution in [1.29, 1.82) is 0 Å². The quantitative estimate of drug-likeness (QED) is 0.652. The third kappa shape index (κ3) is 1.03. The highest BCUT2D eigenvalue weighted by molar-refractivity contribution is 8.03. The maximum atomic E-state index is 3.90. The van der Waals surface area contributed by atoms with Crippen molar-refractivity contribution in [3.63, 3.8) is 0 Å². The van der Waals surface area contributed by atoms with E-state index in [9.17, 15) is 0 Å². The lowest BCUT2D eigenvalue weighted by molar-refractivity contribution is 1.27. The average Bonchev–Trinajstić information content (AvgIpc) is 2.41. The van der Waals surface area contributed by atoms with E-state index in [0.29, 0.717) is 0 Å². The van der Waals surface area contributed by atoms with Crippen molar-refractivity contribution < 1.29 is 0 Å². The van der Waals surface area contributed by atoms with Crippen LogP contribution < -0.4 is 5.32 Å². The Morgan fingerprint density at radius 2 is 1.92 bits per heavy atom. The molecular weight excluding hydrogens is 166 g/mol. The lowest BCUT2D eigenvalue weighted by Crippen LogP contribution is -1.89. The molecule has 1 nitrogen and oxygen atoms in total. The van der Waals surface area contributed by atoms with Crippen LogP contribution in [0.4, 0.5) is 5.69 Å². The van der Waals surface area contributed by atoms with Gasteiger partial charge in [-0.25, -0.2) is 0 Å². The maximum Gasteiger partial charge on any atom is 0.0701 e. The molecule has 0 bridgehead atoms. The molecule has 0 saturated heterocycles. The van der Waals surface area contributed by atoms with Gasteiger partial charge in [-0.15, -0.1) is 0 Å². The third-order valence-corrected chi connectivity index (χ3v) is 3.13. The van der Waals surface area contributed by atoms with E-state index in [4.69, 9.17) is 0 Å². The number of hydrogen-bond acceptors (Lipinski definition) is 2. The van der Waals surface area contributed by atoms with Crippen LogP contribution in [-0.2, 0) is 0 Å². The summed E-state index contributed by atoms with van der Waals surface area (Å²) in [7, 11) is 0. The summed E-state index contributed by atoms with van der Waals surface area (Å²) in [5.74, 6) is 0. The molecule has 1 aliphatic rings. The highest BCUT2D eigenvalue weighted by Crippen LogP contribution is 2.43. The molecule has 1 aliphatic heterocycles. The van der Waals surface area contributed by atoms with E-state index < -0.39 is 0 Å². The van der Waals surface area contributed by atoms with Crippen LogP contribution in [0.15, 0.2) is 28.6 Å². The molecule has 1 heterocycles. The van der Waals surface area contributed by atoms with Crippen LogP contribution in [0.25, 0.3) is 0 Å². The van der Waals surface area contributed by atoms with Crippen LogP contribution >= 0.6 is 11.8 Å². The average molecular weight is 177 g/mol. The first-order valence-electron chi connectivity index (χ1n) is 3.92. The molecule has 62 valence electrons. The van der Waals surface area contributed by atoms with Gasteiger partial charge < -0.3 is 5.32 Å². The number of anilines is 1. The number of nitrogens with one attached hydrogen (secondary N) is 1. The second-order valence-electron chi connectivity index (χ2n) is 3.05. The lowest BCUT2D eigenvalue weighted by atomic mass is 10.1. The van der Waals surface area contributed by atoms with Crippen molar-refractivity contribution in [3.8, 4) is 0 Å². The van der Waals surface area contributed by atoms with E-state index in [-0.39, 0.29) is 0 Å². The molecule has 2 rings (SSSR count). The molecule has 0 aromatic heterocycles. The Kier molecular flexibility index (Phi) is 1.65. The largest absolute Gasteiger partial charge is 0.349 e. The Bertz CT molecular complexity index is 322. The molecule has 2 heteroatoms. The molecule has 0 spiro atoms. The minimum Gasteiger partial charge on any atom is -0.349 e. The first-order chi connectivity index (χ1) is 5.68. The lowest BCUT2D eigenvalue weighted by Gasteiger charge is -2.04. The van der Waals surface area contributed by atoms with Crippen molar-refractivity contribution in [2.45, 2.75) is 18.7 Å².